The van der Waals surface area contributed by atoms with Gasteiger partial charge in [-0.15, -0.1) is 0 Å². The monoisotopic (exact) mass is 221 g/mol. The minimum atomic E-state index is -0.647. The first-order valence-electron chi connectivity index (χ1n) is 3.95. The number of rotatable bonds is 0. The van der Waals surface area contributed by atoms with Gasteiger partial charge in [-0.1, -0.05) is 11.6 Å². The summed E-state index contributed by atoms with van der Waals surface area (Å²) in [6, 6.07) is 4.58. The molecular formula is C9H4ClN3O2. The lowest BCUT2D eigenvalue weighted by molar-refractivity contribution is 0.477. The van der Waals surface area contributed by atoms with E-state index in [4.69, 9.17) is 16.9 Å². The Balaban J connectivity index is 3.00. The molecule has 0 aromatic carbocycles. The molecule has 5 nitrogen and oxygen atoms in total. The van der Waals surface area contributed by atoms with Gasteiger partial charge in [-0.2, -0.15) is 5.26 Å². The Labute approximate surface area is 88.6 Å². The first-order chi connectivity index (χ1) is 7.13. The topological polar surface area (TPSA) is 89.8 Å². The number of hydrogen-bond acceptors (Lipinski definition) is 4. The lowest BCUT2D eigenvalue weighted by Gasteiger charge is -2.01. The van der Waals surface area contributed by atoms with Gasteiger partial charge in [0.1, 0.15) is 16.7 Å². The standard InChI is InChI=1S/C9H4ClN3O2/c10-6-2-1-5-7(13-6)8(14)4(3-11)9(15)12-5/h1-2H,(H2,12,14,15). The summed E-state index contributed by atoms with van der Waals surface area (Å²) in [5.41, 5.74) is -0.566. The first-order valence-corrected chi connectivity index (χ1v) is 4.33. The van der Waals surface area contributed by atoms with Gasteiger partial charge >= 0.3 is 0 Å². The highest BCUT2D eigenvalue weighted by molar-refractivity contribution is 6.29. The minimum Gasteiger partial charge on any atom is -0.504 e. The van der Waals surface area contributed by atoms with E-state index in [0.29, 0.717) is 5.52 Å². The predicted molar refractivity (Wildman–Crippen MR) is 53.8 cm³/mol. The van der Waals surface area contributed by atoms with E-state index >= 15 is 0 Å². The molecule has 15 heavy (non-hydrogen) atoms. The second kappa shape index (κ2) is 3.26. The van der Waals surface area contributed by atoms with Gasteiger partial charge < -0.3 is 10.1 Å². The van der Waals surface area contributed by atoms with E-state index in [-0.39, 0.29) is 16.2 Å². The number of aromatic amines is 1. The maximum atomic E-state index is 11.3. The van der Waals surface area contributed by atoms with Crippen LogP contribution < -0.4 is 5.56 Å². The Morgan fingerprint density at radius 2 is 2.27 bits per heavy atom. The molecule has 0 amide bonds. The van der Waals surface area contributed by atoms with Gasteiger partial charge in [0.25, 0.3) is 5.56 Å². The fraction of sp³-hybridized carbons (Fsp3) is 0. The van der Waals surface area contributed by atoms with Crippen molar-refractivity contribution in [3.05, 3.63) is 33.2 Å². The molecule has 74 valence electrons. The fourth-order valence-electron chi connectivity index (χ4n) is 1.23. The van der Waals surface area contributed by atoms with Crippen LogP contribution in [0.3, 0.4) is 0 Å². The summed E-state index contributed by atoms with van der Waals surface area (Å²) in [5, 5.41) is 18.4. The summed E-state index contributed by atoms with van der Waals surface area (Å²) in [6.07, 6.45) is 0. The summed E-state index contributed by atoms with van der Waals surface area (Å²) in [7, 11) is 0. The Hall–Kier alpha value is -2.06. The number of aromatic hydroxyl groups is 1. The van der Waals surface area contributed by atoms with Gasteiger partial charge in [0, 0.05) is 0 Å². The summed E-state index contributed by atoms with van der Waals surface area (Å²) < 4.78 is 0. The number of pyridine rings is 2. The number of hydrogen-bond donors (Lipinski definition) is 2. The lowest BCUT2D eigenvalue weighted by Crippen LogP contribution is -2.10. The molecule has 2 aromatic rings. The molecule has 0 radical (unpaired) electrons. The van der Waals surface area contributed by atoms with E-state index in [1.807, 2.05) is 0 Å². The smallest absolute Gasteiger partial charge is 0.270 e. The molecule has 0 unspecified atom stereocenters. The Morgan fingerprint density at radius 3 is 2.93 bits per heavy atom. The number of aromatic nitrogens is 2. The molecule has 0 saturated carbocycles. The van der Waals surface area contributed by atoms with Gasteiger partial charge in [0.15, 0.2) is 11.3 Å². The van der Waals surface area contributed by atoms with Crippen LogP contribution in [0.1, 0.15) is 5.56 Å². The average Bonchev–Trinajstić information content (AvgIpc) is 2.20. The number of H-pyrrole nitrogens is 1. The fourth-order valence-corrected chi connectivity index (χ4v) is 1.38. The van der Waals surface area contributed by atoms with Crippen LogP contribution in [0.15, 0.2) is 16.9 Å². The van der Waals surface area contributed by atoms with E-state index in [0.717, 1.165) is 0 Å². The van der Waals surface area contributed by atoms with Crippen molar-refractivity contribution in [2.45, 2.75) is 0 Å². The van der Waals surface area contributed by atoms with Crippen LogP contribution >= 0.6 is 11.6 Å². The number of halogens is 1. The van der Waals surface area contributed by atoms with Crippen LogP contribution in [-0.4, -0.2) is 15.1 Å². The van der Waals surface area contributed by atoms with Gasteiger partial charge in [-0.3, -0.25) is 4.79 Å². The molecule has 0 aliphatic rings. The van der Waals surface area contributed by atoms with Crippen molar-refractivity contribution in [3.63, 3.8) is 0 Å². The zero-order valence-electron chi connectivity index (χ0n) is 7.28. The molecule has 2 rings (SSSR count). The third kappa shape index (κ3) is 1.41. The third-order valence-electron chi connectivity index (χ3n) is 1.91. The molecular weight excluding hydrogens is 218 g/mol. The van der Waals surface area contributed by atoms with Gasteiger partial charge in [-0.25, -0.2) is 4.98 Å². The zero-order valence-corrected chi connectivity index (χ0v) is 8.04. The molecule has 0 saturated heterocycles. The van der Waals surface area contributed by atoms with Crippen molar-refractivity contribution in [2.24, 2.45) is 0 Å². The van der Waals surface area contributed by atoms with Crippen molar-refractivity contribution < 1.29 is 5.11 Å². The Bertz CT molecular complexity index is 642. The number of nitrogens with one attached hydrogen (secondary N) is 1. The molecule has 2 N–H and O–H groups in total. The van der Waals surface area contributed by atoms with Gasteiger partial charge in [-0.05, 0) is 12.1 Å². The molecule has 6 heteroatoms. The number of nitriles is 1. The predicted octanol–water partition coefficient (Wildman–Crippen LogP) is 1.15. The zero-order chi connectivity index (χ0) is 11.0. The molecule has 0 bridgehead atoms. The molecule has 0 spiro atoms. The van der Waals surface area contributed by atoms with Gasteiger partial charge in [0.2, 0.25) is 0 Å². The highest BCUT2D eigenvalue weighted by atomic mass is 35.5. The maximum absolute atomic E-state index is 11.3. The third-order valence-corrected chi connectivity index (χ3v) is 2.12. The highest BCUT2D eigenvalue weighted by Gasteiger charge is 2.12. The average molecular weight is 222 g/mol. The van der Waals surface area contributed by atoms with Crippen LogP contribution in [0.25, 0.3) is 11.0 Å². The van der Waals surface area contributed by atoms with E-state index in [1.165, 1.54) is 12.1 Å². The van der Waals surface area contributed by atoms with E-state index in [1.54, 1.807) is 6.07 Å². The van der Waals surface area contributed by atoms with E-state index < -0.39 is 11.3 Å². The van der Waals surface area contributed by atoms with Crippen LogP contribution in [0.5, 0.6) is 5.75 Å². The number of nitrogens with zero attached hydrogens (tertiary/aromatic N) is 2. The molecule has 0 fully saturated rings. The summed E-state index contributed by atoms with van der Waals surface area (Å²) >= 11 is 5.63. The van der Waals surface area contributed by atoms with Crippen LogP contribution in [-0.2, 0) is 0 Å². The van der Waals surface area contributed by atoms with Crippen LogP contribution in [0, 0.1) is 11.3 Å². The van der Waals surface area contributed by atoms with E-state index in [2.05, 4.69) is 9.97 Å². The molecule has 0 aliphatic carbocycles. The number of fused-ring (bicyclic) bond motifs is 1. The molecule has 2 aromatic heterocycles. The largest absolute Gasteiger partial charge is 0.504 e. The van der Waals surface area contributed by atoms with Crippen molar-refractivity contribution in [1.82, 2.24) is 9.97 Å². The van der Waals surface area contributed by atoms with Crippen LogP contribution in [0.2, 0.25) is 5.15 Å². The van der Waals surface area contributed by atoms with E-state index in [9.17, 15) is 9.90 Å². The quantitative estimate of drug-likeness (QED) is 0.653. The minimum absolute atomic E-state index is 0.110. The Morgan fingerprint density at radius 1 is 1.53 bits per heavy atom. The molecule has 0 atom stereocenters. The SMILES string of the molecule is N#Cc1c(O)c2nc(Cl)ccc2[nH]c1=O. The van der Waals surface area contributed by atoms with Crippen molar-refractivity contribution in [1.29, 1.82) is 5.26 Å². The summed E-state index contributed by atoms with van der Waals surface area (Å²) in [5.74, 6) is -0.446. The second-order valence-corrected chi connectivity index (χ2v) is 3.21. The van der Waals surface area contributed by atoms with Crippen molar-refractivity contribution in [3.8, 4) is 11.8 Å². The van der Waals surface area contributed by atoms with Crippen molar-refractivity contribution in [2.75, 3.05) is 0 Å². The summed E-state index contributed by atoms with van der Waals surface area (Å²) in [4.78, 5) is 17.5. The maximum Gasteiger partial charge on any atom is 0.270 e. The lowest BCUT2D eigenvalue weighted by atomic mass is 10.2. The highest BCUT2D eigenvalue weighted by Crippen LogP contribution is 2.23. The normalized spacial score (nSPS) is 10.1. The molecule has 0 aliphatic heterocycles. The first kappa shape index (κ1) is 9.49. The van der Waals surface area contributed by atoms with Gasteiger partial charge in [0.05, 0.1) is 5.52 Å². The van der Waals surface area contributed by atoms with Crippen molar-refractivity contribution >= 4 is 22.6 Å². The summed E-state index contributed by atoms with van der Waals surface area (Å²) in [6.45, 7) is 0. The second-order valence-electron chi connectivity index (χ2n) is 2.82. The molecule has 2 heterocycles. The van der Waals surface area contributed by atoms with Crippen LogP contribution in [0.4, 0.5) is 0 Å². The Kier molecular flexibility index (Phi) is 2.06.